The summed E-state index contributed by atoms with van der Waals surface area (Å²) in [7, 11) is 1.68. The van der Waals surface area contributed by atoms with Crippen LogP contribution in [-0.4, -0.2) is 21.9 Å². The number of hydrogen-bond acceptors (Lipinski definition) is 5. The van der Waals surface area contributed by atoms with E-state index in [1.54, 1.807) is 18.9 Å². The molecule has 0 aliphatic heterocycles. The number of methoxy groups -OCH3 is 1. The Morgan fingerprint density at radius 1 is 1.10 bits per heavy atom. The number of benzene rings is 2. The molecule has 1 heterocycles. The highest BCUT2D eigenvalue weighted by molar-refractivity contribution is 7.98. The van der Waals surface area contributed by atoms with Gasteiger partial charge in [-0.15, -0.1) is 16.8 Å². The monoisotopic (exact) mass is 409 g/mol. The summed E-state index contributed by atoms with van der Waals surface area (Å²) < 4.78 is 13.5. The molecule has 6 heteroatoms. The molecule has 3 rings (SSSR count). The Morgan fingerprint density at radius 3 is 2.66 bits per heavy atom. The zero-order valence-corrected chi connectivity index (χ0v) is 18.2. The first kappa shape index (κ1) is 21.0. The van der Waals surface area contributed by atoms with Gasteiger partial charge in [-0.25, -0.2) is 0 Å². The zero-order chi connectivity index (χ0) is 20.8. The van der Waals surface area contributed by atoms with Crippen molar-refractivity contribution in [2.45, 2.75) is 44.3 Å². The molecule has 0 spiro atoms. The summed E-state index contributed by atoms with van der Waals surface area (Å²) in [6, 6.07) is 14.2. The smallest absolute Gasteiger partial charge is 0.191 e. The molecule has 1 aromatic heterocycles. The van der Waals surface area contributed by atoms with Crippen molar-refractivity contribution < 1.29 is 9.47 Å². The van der Waals surface area contributed by atoms with E-state index >= 15 is 0 Å². The normalized spacial score (nSPS) is 11.9. The fraction of sp³-hybridized carbons (Fsp3) is 0.304. The topological polar surface area (TPSA) is 49.2 Å². The van der Waals surface area contributed by atoms with Crippen LogP contribution < -0.4 is 9.47 Å². The van der Waals surface area contributed by atoms with Gasteiger partial charge in [0, 0.05) is 12.3 Å². The predicted molar refractivity (Wildman–Crippen MR) is 118 cm³/mol. The van der Waals surface area contributed by atoms with Gasteiger partial charge in [-0.05, 0) is 61.7 Å². The first-order chi connectivity index (χ1) is 14.0. The quantitative estimate of drug-likeness (QED) is 0.344. The molecule has 0 N–H and O–H groups in total. The van der Waals surface area contributed by atoms with Gasteiger partial charge in [-0.3, -0.25) is 4.57 Å². The van der Waals surface area contributed by atoms with E-state index in [1.165, 1.54) is 16.7 Å². The van der Waals surface area contributed by atoms with E-state index in [1.807, 2.05) is 37.3 Å². The van der Waals surface area contributed by atoms with Crippen LogP contribution in [0.5, 0.6) is 11.5 Å². The Bertz CT molecular complexity index is 984. The SMILES string of the molecule is C=CCn1c(SCc2cccc(OC)c2)nnc1C(C)Oc1ccc(C)c(C)c1. The molecule has 0 amide bonds. The minimum atomic E-state index is -0.226. The predicted octanol–water partition coefficient (Wildman–Crippen LogP) is 5.52. The third-order valence-electron chi connectivity index (χ3n) is 4.71. The van der Waals surface area contributed by atoms with E-state index in [0.29, 0.717) is 6.54 Å². The standard InChI is InChI=1S/C23H27N3O2S/c1-6-12-26-22(18(4)28-21-11-10-16(2)17(3)13-21)24-25-23(26)29-15-19-8-7-9-20(14-19)27-5/h6-11,13-14,18H,1,12,15H2,2-5H3. The largest absolute Gasteiger partial charge is 0.497 e. The lowest BCUT2D eigenvalue weighted by Gasteiger charge is -2.16. The average molecular weight is 410 g/mol. The van der Waals surface area contributed by atoms with Crippen LogP contribution in [0.15, 0.2) is 60.3 Å². The highest BCUT2D eigenvalue weighted by Crippen LogP contribution is 2.28. The summed E-state index contributed by atoms with van der Waals surface area (Å²) in [6.45, 7) is 10.7. The highest BCUT2D eigenvalue weighted by atomic mass is 32.2. The number of aromatic nitrogens is 3. The molecular weight excluding hydrogens is 382 g/mol. The van der Waals surface area contributed by atoms with Crippen molar-refractivity contribution in [3.8, 4) is 11.5 Å². The lowest BCUT2D eigenvalue weighted by atomic mass is 10.1. The Hall–Kier alpha value is -2.73. The summed E-state index contributed by atoms with van der Waals surface area (Å²) in [4.78, 5) is 0. The van der Waals surface area contributed by atoms with Gasteiger partial charge in [0.25, 0.3) is 0 Å². The van der Waals surface area contributed by atoms with Crippen molar-refractivity contribution in [1.29, 1.82) is 0 Å². The first-order valence-corrected chi connectivity index (χ1v) is 10.5. The number of thioether (sulfide) groups is 1. The van der Waals surface area contributed by atoms with Crippen molar-refractivity contribution in [3.63, 3.8) is 0 Å². The van der Waals surface area contributed by atoms with E-state index in [4.69, 9.17) is 9.47 Å². The second-order valence-electron chi connectivity index (χ2n) is 6.89. The van der Waals surface area contributed by atoms with Crippen molar-refractivity contribution in [3.05, 3.63) is 77.6 Å². The minimum absolute atomic E-state index is 0.226. The van der Waals surface area contributed by atoms with Crippen LogP contribution in [0.1, 0.15) is 35.5 Å². The molecule has 5 nitrogen and oxygen atoms in total. The lowest BCUT2D eigenvalue weighted by Crippen LogP contribution is -2.12. The molecule has 3 aromatic rings. The fourth-order valence-corrected chi connectivity index (χ4v) is 3.86. The molecule has 0 radical (unpaired) electrons. The molecule has 152 valence electrons. The lowest BCUT2D eigenvalue weighted by molar-refractivity contribution is 0.210. The molecule has 0 saturated heterocycles. The van der Waals surface area contributed by atoms with Crippen molar-refractivity contribution >= 4 is 11.8 Å². The maximum absolute atomic E-state index is 6.15. The van der Waals surface area contributed by atoms with E-state index in [9.17, 15) is 0 Å². The van der Waals surface area contributed by atoms with Crippen LogP contribution in [0.2, 0.25) is 0 Å². The van der Waals surface area contributed by atoms with Crippen LogP contribution in [0.25, 0.3) is 0 Å². The summed E-state index contributed by atoms with van der Waals surface area (Å²) in [6.07, 6.45) is 1.63. The average Bonchev–Trinajstić information content (AvgIpc) is 3.12. The Morgan fingerprint density at radius 2 is 1.93 bits per heavy atom. The van der Waals surface area contributed by atoms with E-state index < -0.39 is 0 Å². The van der Waals surface area contributed by atoms with E-state index in [-0.39, 0.29) is 6.10 Å². The second kappa shape index (κ2) is 9.65. The van der Waals surface area contributed by atoms with Gasteiger partial charge >= 0.3 is 0 Å². The van der Waals surface area contributed by atoms with Crippen LogP contribution >= 0.6 is 11.8 Å². The number of nitrogens with zero attached hydrogens (tertiary/aromatic N) is 3. The van der Waals surface area contributed by atoms with Crippen molar-refractivity contribution in [1.82, 2.24) is 14.8 Å². The van der Waals surface area contributed by atoms with E-state index in [2.05, 4.69) is 53.4 Å². The maximum atomic E-state index is 6.15. The number of hydrogen-bond donors (Lipinski definition) is 0. The molecule has 1 atom stereocenters. The summed E-state index contributed by atoms with van der Waals surface area (Å²) >= 11 is 1.64. The maximum Gasteiger partial charge on any atom is 0.191 e. The third-order valence-corrected chi connectivity index (χ3v) is 5.75. The van der Waals surface area contributed by atoms with Gasteiger partial charge in [0.1, 0.15) is 11.5 Å². The Kier molecular flexibility index (Phi) is 6.99. The number of ether oxygens (including phenoxy) is 2. The molecule has 0 fully saturated rings. The van der Waals surface area contributed by atoms with E-state index in [0.717, 1.165) is 28.2 Å². The summed E-state index contributed by atoms with van der Waals surface area (Å²) in [5.74, 6) is 3.25. The molecule has 2 aromatic carbocycles. The molecule has 0 aliphatic carbocycles. The Balaban J connectivity index is 1.76. The van der Waals surface area contributed by atoms with Crippen LogP contribution in [0.3, 0.4) is 0 Å². The van der Waals surface area contributed by atoms with Crippen LogP contribution in [-0.2, 0) is 12.3 Å². The number of aryl methyl sites for hydroxylation is 2. The molecular formula is C23H27N3O2S. The number of rotatable bonds is 9. The van der Waals surface area contributed by atoms with Crippen LogP contribution in [0.4, 0.5) is 0 Å². The van der Waals surface area contributed by atoms with Gasteiger partial charge in [-0.1, -0.05) is 36.0 Å². The highest BCUT2D eigenvalue weighted by Gasteiger charge is 2.19. The molecule has 0 aliphatic rings. The van der Waals surface area contributed by atoms with Crippen molar-refractivity contribution in [2.75, 3.05) is 7.11 Å². The first-order valence-electron chi connectivity index (χ1n) is 9.55. The molecule has 0 saturated carbocycles. The Labute approximate surface area is 176 Å². The van der Waals surface area contributed by atoms with Gasteiger partial charge < -0.3 is 9.47 Å². The summed E-state index contributed by atoms with van der Waals surface area (Å²) in [5, 5.41) is 9.66. The molecule has 0 bridgehead atoms. The van der Waals surface area contributed by atoms with Crippen LogP contribution in [0, 0.1) is 13.8 Å². The summed E-state index contributed by atoms with van der Waals surface area (Å²) in [5.41, 5.74) is 3.62. The van der Waals surface area contributed by atoms with Gasteiger partial charge in [0.15, 0.2) is 17.1 Å². The van der Waals surface area contributed by atoms with Gasteiger partial charge in [-0.2, -0.15) is 0 Å². The van der Waals surface area contributed by atoms with Gasteiger partial charge in [0.05, 0.1) is 7.11 Å². The molecule has 29 heavy (non-hydrogen) atoms. The third kappa shape index (κ3) is 5.21. The molecule has 1 unspecified atom stereocenters. The second-order valence-corrected chi connectivity index (χ2v) is 7.83. The fourth-order valence-electron chi connectivity index (χ4n) is 2.96. The van der Waals surface area contributed by atoms with Gasteiger partial charge in [0.2, 0.25) is 0 Å². The zero-order valence-electron chi connectivity index (χ0n) is 17.4. The minimum Gasteiger partial charge on any atom is -0.497 e. The van der Waals surface area contributed by atoms with Crippen molar-refractivity contribution in [2.24, 2.45) is 0 Å². The number of allylic oxidation sites excluding steroid dienone is 1.